The van der Waals surface area contributed by atoms with Gasteiger partial charge in [0, 0.05) is 10.0 Å². The van der Waals surface area contributed by atoms with E-state index in [0.29, 0.717) is 4.68 Å². The van der Waals surface area contributed by atoms with Crippen molar-refractivity contribution in [3.8, 4) is 5.69 Å². The van der Waals surface area contributed by atoms with Crippen molar-refractivity contribution in [2.24, 2.45) is 5.10 Å². The molecule has 0 bridgehead atoms. The number of anilines is 1. The highest BCUT2D eigenvalue weighted by Gasteiger charge is 2.44. The number of aromatic carboxylic acids is 1. The molecular formula is C20H9Cl4F3N4O3. The minimum Gasteiger partial charge on any atom is -0.478 e. The first kappa shape index (κ1) is 24.3. The van der Waals surface area contributed by atoms with Crippen molar-refractivity contribution in [1.82, 2.24) is 9.78 Å². The minimum absolute atomic E-state index is 0.0505. The summed E-state index contributed by atoms with van der Waals surface area (Å²) in [5.74, 6) is -2.59. The van der Waals surface area contributed by atoms with Gasteiger partial charge >= 0.3 is 12.1 Å². The number of halogens is 7. The fraction of sp³-hybridized carbons (Fsp3) is 0.100. The van der Waals surface area contributed by atoms with Gasteiger partial charge in [0.25, 0.3) is 5.91 Å². The summed E-state index contributed by atoms with van der Waals surface area (Å²) >= 11 is 24.1. The molecule has 0 atom stereocenters. The smallest absolute Gasteiger partial charge is 0.436 e. The highest BCUT2D eigenvalue weighted by atomic mass is 35.5. The average molecular weight is 552 g/mol. The van der Waals surface area contributed by atoms with E-state index in [9.17, 15) is 27.9 Å². The summed E-state index contributed by atoms with van der Waals surface area (Å²) in [4.78, 5) is 24.7. The predicted octanol–water partition coefficient (Wildman–Crippen LogP) is 6.34. The van der Waals surface area contributed by atoms with Gasteiger partial charge in [0.15, 0.2) is 5.69 Å². The van der Waals surface area contributed by atoms with Crippen LogP contribution >= 0.6 is 46.4 Å². The molecule has 2 aromatic carbocycles. The Morgan fingerprint density at radius 3 is 2.03 bits per heavy atom. The van der Waals surface area contributed by atoms with Crippen molar-refractivity contribution in [2.75, 3.05) is 5.01 Å². The van der Waals surface area contributed by atoms with Crippen LogP contribution in [-0.2, 0) is 11.0 Å². The molecule has 1 aromatic heterocycles. The molecule has 34 heavy (non-hydrogen) atoms. The Kier molecular flexibility index (Phi) is 6.28. The topological polar surface area (TPSA) is 87.8 Å². The van der Waals surface area contributed by atoms with Crippen molar-refractivity contribution in [3.63, 3.8) is 0 Å². The lowest BCUT2D eigenvalue weighted by atomic mass is 10.1. The minimum atomic E-state index is -5.13. The lowest BCUT2D eigenvalue weighted by molar-refractivity contribution is -0.141. The summed E-state index contributed by atoms with van der Waals surface area (Å²) in [6, 6.07) is 8.02. The van der Waals surface area contributed by atoms with Gasteiger partial charge in [-0.2, -0.15) is 28.4 Å². The number of hydrogen-bond donors (Lipinski definition) is 1. The maximum Gasteiger partial charge on any atom is 0.436 e. The molecule has 2 heterocycles. The number of aromatic nitrogens is 2. The molecule has 0 radical (unpaired) electrons. The lowest BCUT2D eigenvalue weighted by Crippen LogP contribution is -2.19. The SMILES string of the molecule is O=C(O)c1c(C(F)(F)F)nn(-c2ccc(Cl)cc2Cl)c1C1=NN(c2ccc(Cl)cc2Cl)C(=O)C1. The Morgan fingerprint density at radius 1 is 0.971 bits per heavy atom. The zero-order valence-corrected chi connectivity index (χ0v) is 19.4. The zero-order chi connectivity index (χ0) is 24.9. The van der Waals surface area contributed by atoms with E-state index < -0.39 is 41.4 Å². The molecule has 4 rings (SSSR count). The van der Waals surface area contributed by atoms with Crippen LogP contribution in [0.3, 0.4) is 0 Å². The quantitative estimate of drug-likeness (QED) is 0.409. The number of nitrogens with zero attached hydrogens (tertiary/aromatic N) is 4. The Labute approximate surface area is 208 Å². The zero-order valence-electron chi connectivity index (χ0n) is 16.4. The highest BCUT2D eigenvalue weighted by molar-refractivity contribution is 6.37. The van der Waals surface area contributed by atoms with Crippen LogP contribution in [0.15, 0.2) is 41.5 Å². The van der Waals surface area contributed by atoms with Crippen LogP contribution < -0.4 is 5.01 Å². The van der Waals surface area contributed by atoms with Gasteiger partial charge in [0.1, 0.15) is 11.3 Å². The lowest BCUT2D eigenvalue weighted by Gasteiger charge is -2.13. The van der Waals surface area contributed by atoms with E-state index in [-0.39, 0.29) is 37.2 Å². The Morgan fingerprint density at radius 2 is 1.53 bits per heavy atom. The van der Waals surface area contributed by atoms with Crippen molar-refractivity contribution in [2.45, 2.75) is 12.6 Å². The maximum absolute atomic E-state index is 13.7. The van der Waals surface area contributed by atoms with Crippen LogP contribution in [0.4, 0.5) is 18.9 Å². The standard InChI is InChI=1S/C20H9Cl4F3N4O3/c21-8-1-3-13(10(23)5-8)30-15(32)7-12(28-30)17-16(19(33)34)18(20(25,26)27)29-31(17)14-4-2-9(22)6-11(14)24/h1-6H,7H2,(H,33,34). The molecule has 7 nitrogen and oxygen atoms in total. The van der Waals surface area contributed by atoms with E-state index in [1.54, 1.807) is 0 Å². The molecular weight excluding hydrogens is 543 g/mol. The third kappa shape index (κ3) is 4.34. The molecule has 0 fully saturated rings. The first-order chi connectivity index (χ1) is 15.9. The normalized spacial score (nSPS) is 14.0. The maximum atomic E-state index is 13.7. The number of hydrogen-bond acceptors (Lipinski definition) is 4. The van der Waals surface area contributed by atoms with E-state index in [4.69, 9.17) is 46.4 Å². The second-order valence-electron chi connectivity index (χ2n) is 6.91. The Balaban J connectivity index is 1.99. The fourth-order valence-electron chi connectivity index (χ4n) is 3.32. The van der Waals surface area contributed by atoms with Gasteiger partial charge < -0.3 is 5.11 Å². The molecule has 0 saturated carbocycles. The van der Waals surface area contributed by atoms with E-state index >= 15 is 0 Å². The monoisotopic (exact) mass is 550 g/mol. The number of benzene rings is 2. The second kappa shape index (κ2) is 8.77. The molecule has 3 aromatic rings. The van der Waals surface area contributed by atoms with Gasteiger partial charge in [-0.1, -0.05) is 46.4 Å². The average Bonchev–Trinajstić information content (AvgIpc) is 3.29. The van der Waals surface area contributed by atoms with E-state index in [2.05, 4.69) is 10.2 Å². The number of hydrazone groups is 1. The van der Waals surface area contributed by atoms with Crippen molar-refractivity contribution in [1.29, 1.82) is 0 Å². The molecule has 0 unspecified atom stereocenters. The Hall–Kier alpha value is -2.79. The van der Waals surface area contributed by atoms with Gasteiger partial charge in [-0.3, -0.25) is 4.79 Å². The summed E-state index contributed by atoms with van der Waals surface area (Å²) in [7, 11) is 0. The number of carbonyl (C=O) groups is 2. The van der Waals surface area contributed by atoms with Crippen molar-refractivity contribution < 1.29 is 27.9 Å². The van der Waals surface area contributed by atoms with Crippen LogP contribution in [0.5, 0.6) is 0 Å². The number of carboxylic acid groups (broad SMARTS) is 1. The van der Waals surface area contributed by atoms with Crippen LogP contribution in [0.1, 0.15) is 28.2 Å². The Bertz CT molecular complexity index is 1390. The van der Waals surface area contributed by atoms with Gasteiger partial charge in [-0.15, -0.1) is 0 Å². The van der Waals surface area contributed by atoms with Gasteiger partial charge in [0.2, 0.25) is 0 Å². The van der Waals surface area contributed by atoms with Crippen LogP contribution in [0, 0.1) is 0 Å². The summed E-state index contributed by atoms with van der Waals surface area (Å²) in [6.07, 6.45) is -5.66. The molecule has 176 valence electrons. The number of alkyl halides is 3. The van der Waals surface area contributed by atoms with Crippen molar-refractivity contribution >= 4 is 69.7 Å². The van der Waals surface area contributed by atoms with E-state index in [1.165, 1.54) is 36.4 Å². The summed E-state index contributed by atoms with van der Waals surface area (Å²) in [5, 5.41) is 18.5. The number of rotatable bonds is 4. The summed E-state index contributed by atoms with van der Waals surface area (Å²) in [5.41, 5.74) is -3.72. The fourth-order valence-corrected chi connectivity index (χ4v) is 4.29. The van der Waals surface area contributed by atoms with Gasteiger partial charge in [0.05, 0.1) is 33.6 Å². The largest absolute Gasteiger partial charge is 0.478 e. The summed E-state index contributed by atoms with van der Waals surface area (Å²) in [6.45, 7) is 0. The number of carboxylic acids is 1. The third-order valence-corrected chi connectivity index (χ3v) is 5.77. The summed E-state index contributed by atoms with van der Waals surface area (Å²) < 4.78 is 41.9. The number of carbonyl (C=O) groups excluding carboxylic acids is 1. The van der Waals surface area contributed by atoms with Gasteiger partial charge in [-0.25, -0.2) is 9.48 Å². The first-order valence-corrected chi connectivity index (χ1v) is 10.6. The molecule has 1 aliphatic heterocycles. The van der Waals surface area contributed by atoms with Crippen LogP contribution in [0.2, 0.25) is 20.1 Å². The van der Waals surface area contributed by atoms with E-state index in [1.807, 2.05) is 0 Å². The third-order valence-electron chi connectivity index (χ3n) is 4.69. The molecule has 1 N–H and O–H groups in total. The van der Waals surface area contributed by atoms with Crippen LogP contribution in [0.25, 0.3) is 5.69 Å². The predicted molar refractivity (Wildman–Crippen MR) is 121 cm³/mol. The molecule has 0 spiro atoms. The molecule has 14 heteroatoms. The molecule has 0 aliphatic carbocycles. The van der Waals surface area contributed by atoms with Crippen LogP contribution in [-0.4, -0.2) is 32.5 Å². The molecule has 1 aliphatic rings. The second-order valence-corrected chi connectivity index (χ2v) is 8.59. The van der Waals surface area contributed by atoms with E-state index in [0.717, 1.165) is 5.01 Å². The highest BCUT2D eigenvalue weighted by Crippen LogP contribution is 2.38. The van der Waals surface area contributed by atoms with Crippen molar-refractivity contribution in [3.05, 3.63) is 73.4 Å². The number of amides is 1. The van der Waals surface area contributed by atoms with Gasteiger partial charge in [-0.05, 0) is 36.4 Å². The first-order valence-electron chi connectivity index (χ1n) is 9.13. The molecule has 1 amide bonds. The molecule has 0 saturated heterocycles.